The first-order valence-electron chi connectivity index (χ1n) is 5.27. The van der Waals surface area contributed by atoms with Gasteiger partial charge in [0, 0.05) is 11.1 Å². The molecule has 1 heterocycles. The number of methoxy groups -OCH3 is 2. The van der Waals surface area contributed by atoms with E-state index in [9.17, 15) is 4.79 Å². The van der Waals surface area contributed by atoms with Crippen molar-refractivity contribution < 1.29 is 19.0 Å². The standard InChI is InChI=1S/C12H13IO4/c1-4-6-7-5-17-12(14)8(7)11(16-3)9(13)10(6)15-2/h4-5H2,1-3H3. The zero-order valence-electron chi connectivity index (χ0n) is 9.93. The summed E-state index contributed by atoms with van der Waals surface area (Å²) in [6.45, 7) is 2.34. The average molecular weight is 348 g/mol. The van der Waals surface area contributed by atoms with E-state index in [1.54, 1.807) is 14.2 Å². The van der Waals surface area contributed by atoms with Gasteiger partial charge in [0.25, 0.3) is 0 Å². The maximum Gasteiger partial charge on any atom is 0.342 e. The fourth-order valence-electron chi connectivity index (χ4n) is 2.13. The van der Waals surface area contributed by atoms with E-state index >= 15 is 0 Å². The minimum absolute atomic E-state index is 0.307. The molecule has 0 fully saturated rings. The van der Waals surface area contributed by atoms with Crippen LogP contribution in [-0.2, 0) is 17.8 Å². The van der Waals surface area contributed by atoms with Gasteiger partial charge in [-0.3, -0.25) is 0 Å². The molecule has 1 aliphatic heterocycles. The quantitative estimate of drug-likeness (QED) is 0.622. The van der Waals surface area contributed by atoms with Crippen LogP contribution in [0.5, 0.6) is 11.5 Å². The van der Waals surface area contributed by atoms with Crippen molar-refractivity contribution in [3.63, 3.8) is 0 Å². The highest BCUT2D eigenvalue weighted by Gasteiger charge is 2.32. The van der Waals surface area contributed by atoms with Crippen molar-refractivity contribution in [2.24, 2.45) is 0 Å². The number of hydrogen-bond donors (Lipinski definition) is 0. The summed E-state index contributed by atoms with van der Waals surface area (Å²) >= 11 is 2.14. The number of halogens is 1. The lowest BCUT2D eigenvalue weighted by atomic mass is 9.99. The van der Waals surface area contributed by atoms with Crippen LogP contribution >= 0.6 is 22.6 Å². The molecule has 0 amide bonds. The second-order valence-electron chi connectivity index (χ2n) is 3.64. The van der Waals surface area contributed by atoms with Crippen LogP contribution in [0.25, 0.3) is 0 Å². The number of ether oxygens (including phenoxy) is 3. The molecule has 2 rings (SSSR count). The minimum Gasteiger partial charge on any atom is -0.495 e. The molecular formula is C12H13IO4. The maximum absolute atomic E-state index is 11.7. The van der Waals surface area contributed by atoms with Gasteiger partial charge in [0.15, 0.2) is 5.75 Å². The Balaban J connectivity index is 2.80. The molecular weight excluding hydrogens is 335 g/mol. The summed E-state index contributed by atoms with van der Waals surface area (Å²) in [5.41, 5.74) is 2.47. The second kappa shape index (κ2) is 4.72. The van der Waals surface area contributed by atoms with Gasteiger partial charge in [-0.15, -0.1) is 0 Å². The van der Waals surface area contributed by atoms with Crippen molar-refractivity contribution in [3.8, 4) is 11.5 Å². The molecule has 92 valence electrons. The number of cyclic esters (lactones) is 1. The van der Waals surface area contributed by atoms with Crippen LogP contribution in [0.15, 0.2) is 0 Å². The third-order valence-corrected chi connectivity index (χ3v) is 3.86. The van der Waals surface area contributed by atoms with Crippen LogP contribution in [0.1, 0.15) is 28.4 Å². The molecule has 1 aromatic carbocycles. The van der Waals surface area contributed by atoms with E-state index < -0.39 is 0 Å². The summed E-state index contributed by atoms with van der Waals surface area (Å²) in [7, 11) is 3.18. The molecule has 0 atom stereocenters. The Hall–Kier alpha value is -0.980. The number of hydrogen-bond acceptors (Lipinski definition) is 4. The van der Waals surface area contributed by atoms with Gasteiger partial charge < -0.3 is 14.2 Å². The Morgan fingerprint density at radius 2 is 1.94 bits per heavy atom. The zero-order chi connectivity index (χ0) is 12.6. The van der Waals surface area contributed by atoms with Gasteiger partial charge >= 0.3 is 5.97 Å². The summed E-state index contributed by atoms with van der Waals surface area (Å²) in [6, 6.07) is 0. The van der Waals surface area contributed by atoms with Crippen LogP contribution in [-0.4, -0.2) is 20.2 Å². The van der Waals surface area contributed by atoms with Gasteiger partial charge in [0.1, 0.15) is 17.9 Å². The fourth-order valence-corrected chi connectivity index (χ4v) is 3.17. The molecule has 5 heteroatoms. The SMILES string of the molecule is CCc1c2c(c(OC)c(I)c1OC)C(=O)OC2. The van der Waals surface area contributed by atoms with Crippen molar-refractivity contribution in [2.45, 2.75) is 20.0 Å². The van der Waals surface area contributed by atoms with Crippen LogP contribution in [0.3, 0.4) is 0 Å². The molecule has 0 spiro atoms. The first kappa shape index (κ1) is 12.5. The van der Waals surface area contributed by atoms with E-state index in [4.69, 9.17) is 14.2 Å². The lowest BCUT2D eigenvalue weighted by molar-refractivity contribution is 0.0532. The number of rotatable bonds is 3. The molecule has 1 aromatic rings. The van der Waals surface area contributed by atoms with Gasteiger partial charge in [-0.1, -0.05) is 6.92 Å². The molecule has 0 saturated heterocycles. The van der Waals surface area contributed by atoms with E-state index in [1.807, 2.05) is 6.92 Å². The number of esters is 1. The summed E-state index contributed by atoms with van der Waals surface area (Å²) < 4.78 is 16.6. The molecule has 0 aliphatic carbocycles. The molecule has 0 saturated carbocycles. The highest BCUT2D eigenvalue weighted by atomic mass is 127. The Kier molecular flexibility index (Phi) is 3.46. The number of carbonyl (C=O) groups excluding carboxylic acids is 1. The third kappa shape index (κ3) is 1.76. The molecule has 1 aliphatic rings. The largest absolute Gasteiger partial charge is 0.495 e. The molecule has 4 nitrogen and oxygen atoms in total. The van der Waals surface area contributed by atoms with Crippen molar-refractivity contribution in [3.05, 3.63) is 20.3 Å². The molecule has 17 heavy (non-hydrogen) atoms. The summed E-state index contributed by atoms with van der Waals surface area (Å²) in [4.78, 5) is 11.7. The molecule has 0 N–H and O–H groups in total. The maximum atomic E-state index is 11.7. The van der Waals surface area contributed by atoms with Crippen LogP contribution < -0.4 is 9.47 Å². The van der Waals surface area contributed by atoms with Crippen LogP contribution in [0.4, 0.5) is 0 Å². The van der Waals surface area contributed by atoms with Crippen molar-refractivity contribution >= 4 is 28.6 Å². The number of carbonyl (C=O) groups is 1. The van der Waals surface area contributed by atoms with Gasteiger partial charge in [-0.05, 0) is 29.0 Å². The van der Waals surface area contributed by atoms with Crippen LogP contribution in [0.2, 0.25) is 0 Å². The predicted octanol–water partition coefficient (Wildman–Crippen LogP) is 2.54. The highest BCUT2D eigenvalue weighted by molar-refractivity contribution is 14.1. The first-order valence-corrected chi connectivity index (χ1v) is 6.35. The highest BCUT2D eigenvalue weighted by Crippen LogP contribution is 2.43. The Morgan fingerprint density at radius 1 is 1.29 bits per heavy atom. The fraction of sp³-hybridized carbons (Fsp3) is 0.417. The lowest BCUT2D eigenvalue weighted by Gasteiger charge is -2.16. The van der Waals surface area contributed by atoms with Gasteiger partial charge in [-0.25, -0.2) is 4.79 Å². The molecule has 0 bridgehead atoms. The van der Waals surface area contributed by atoms with E-state index in [0.717, 1.165) is 26.9 Å². The average Bonchev–Trinajstić information content (AvgIpc) is 2.70. The first-order chi connectivity index (χ1) is 8.15. The summed E-state index contributed by atoms with van der Waals surface area (Å²) in [5.74, 6) is 1.02. The van der Waals surface area contributed by atoms with E-state index in [0.29, 0.717) is 17.9 Å². The normalized spacial score (nSPS) is 13.3. The number of fused-ring (bicyclic) bond motifs is 1. The zero-order valence-corrected chi connectivity index (χ0v) is 12.1. The summed E-state index contributed by atoms with van der Waals surface area (Å²) in [6.07, 6.45) is 0.794. The lowest BCUT2D eigenvalue weighted by Crippen LogP contribution is -2.05. The van der Waals surface area contributed by atoms with E-state index in [2.05, 4.69) is 22.6 Å². The Morgan fingerprint density at radius 3 is 2.47 bits per heavy atom. The molecule has 0 radical (unpaired) electrons. The van der Waals surface area contributed by atoms with Crippen LogP contribution in [0, 0.1) is 3.57 Å². The summed E-state index contributed by atoms with van der Waals surface area (Å²) in [5, 5.41) is 0. The number of benzene rings is 1. The smallest absolute Gasteiger partial charge is 0.342 e. The van der Waals surface area contributed by atoms with E-state index in [1.165, 1.54) is 0 Å². The van der Waals surface area contributed by atoms with Crippen molar-refractivity contribution in [1.82, 2.24) is 0 Å². The molecule has 0 aromatic heterocycles. The van der Waals surface area contributed by atoms with Gasteiger partial charge in [0.05, 0.1) is 17.8 Å². The topological polar surface area (TPSA) is 44.8 Å². The van der Waals surface area contributed by atoms with Gasteiger partial charge in [-0.2, -0.15) is 0 Å². The minimum atomic E-state index is -0.313. The van der Waals surface area contributed by atoms with Crippen molar-refractivity contribution in [1.29, 1.82) is 0 Å². The van der Waals surface area contributed by atoms with Crippen molar-refractivity contribution in [2.75, 3.05) is 14.2 Å². The third-order valence-electron chi connectivity index (χ3n) is 2.88. The second-order valence-corrected chi connectivity index (χ2v) is 4.72. The monoisotopic (exact) mass is 348 g/mol. The Labute approximate surface area is 113 Å². The van der Waals surface area contributed by atoms with Gasteiger partial charge in [0.2, 0.25) is 0 Å². The predicted molar refractivity (Wildman–Crippen MR) is 70.8 cm³/mol. The Bertz CT molecular complexity index is 482. The molecule has 0 unspecified atom stereocenters. The van der Waals surface area contributed by atoms with E-state index in [-0.39, 0.29) is 5.97 Å².